The summed E-state index contributed by atoms with van der Waals surface area (Å²) >= 11 is 0. The molecular formula is C23H25N3O6S2. The van der Waals surface area contributed by atoms with Crippen molar-refractivity contribution in [1.82, 2.24) is 0 Å². The summed E-state index contributed by atoms with van der Waals surface area (Å²) in [5, 5.41) is 2.69. The summed E-state index contributed by atoms with van der Waals surface area (Å²) in [5.74, 6) is 0.155. The third-order valence-electron chi connectivity index (χ3n) is 5.04. The number of carbonyl (C=O) groups excluding carboxylic acids is 1. The summed E-state index contributed by atoms with van der Waals surface area (Å²) in [5.41, 5.74) is 1.56. The molecule has 0 aliphatic rings. The van der Waals surface area contributed by atoms with Crippen LogP contribution in [-0.2, 0) is 20.0 Å². The zero-order valence-electron chi connectivity index (χ0n) is 18.8. The standard InChI is InChI=1S/C23H25N3O6S2/c1-4-33(28,29)26(2)20-11-5-17(6-12-20)23(27)24-18-9-15-22(16-10-18)34(30,31)25-19-7-13-21(32-3)14-8-19/h5-16,25H,4H2,1-3H3,(H,24,27). The SMILES string of the molecule is CCS(=O)(=O)N(C)c1ccc(C(=O)Nc2ccc(S(=O)(=O)Nc3ccc(OC)cc3)cc2)cc1. The van der Waals surface area contributed by atoms with Crippen LogP contribution in [0.2, 0.25) is 0 Å². The van der Waals surface area contributed by atoms with E-state index in [2.05, 4.69) is 10.0 Å². The summed E-state index contributed by atoms with van der Waals surface area (Å²) in [6, 6.07) is 18.3. The summed E-state index contributed by atoms with van der Waals surface area (Å²) in [7, 11) is -4.24. The number of carbonyl (C=O) groups is 1. The molecule has 0 saturated carbocycles. The largest absolute Gasteiger partial charge is 0.497 e. The molecule has 3 aromatic rings. The Hall–Kier alpha value is -3.57. The van der Waals surface area contributed by atoms with Gasteiger partial charge in [0.1, 0.15) is 5.75 Å². The Labute approximate surface area is 199 Å². The number of nitrogens with zero attached hydrogens (tertiary/aromatic N) is 1. The highest BCUT2D eigenvalue weighted by Crippen LogP contribution is 2.22. The average Bonchev–Trinajstić information content (AvgIpc) is 2.84. The van der Waals surface area contributed by atoms with Gasteiger partial charge in [0, 0.05) is 24.0 Å². The highest BCUT2D eigenvalue weighted by Gasteiger charge is 2.17. The molecule has 0 aliphatic heterocycles. The number of sulfonamides is 2. The predicted molar refractivity (Wildman–Crippen MR) is 133 cm³/mol. The van der Waals surface area contributed by atoms with Crippen LogP contribution in [0.1, 0.15) is 17.3 Å². The van der Waals surface area contributed by atoms with Crippen molar-refractivity contribution in [3.05, 3.63) is 78.4 Å². The third kappa shape index (κ3) is 5.86. The fourth-order valence-corrected chi connectivity index (χ4v) is 4.86. The Kier molecular flexibility index (Phi) is 7.48. The molecular weight excluding hydrogens is 478 g/mol. The maximum Gasteiger partial charge on any atom is 0.261 e. The van der Waals surface area contributed by atoms with Crippen LogP contribution in [0.15, 0.2) is 77.7 Å². The van der Waals surface area contributed by atoms with Gasteiger partial charge in [-0.15, -0.1) is 0 Å². The first-order valence-electron chi connectivity index (χ1n) is 10.2. The average molecular weight is 504 g/mol. The van der Waals surface area contributed by atoms with Crippen molar-refractivity contribution in [2.75, 3.05) is 34.3 Å². The van der Waals surface area contributed by atoms with Gasteiger partial charge in [-0.3, -0.25) is 13.8 Å². The highest BCUT2D eigenvalue weighted by atomic mass is 32.2. The molecule has 2 N–H and O–H groups in total. The van der Waals surface area contributed by atoms with E-state index in [1.165, 1.54) is 50.6 Å². The molecule has 1 amide bonds. The van der Waals surface area contributed by atoms with Crippen LogP contribution >= 0.6 is 0 Å². The van der Waals surface area contributed by atoms with Crippen molar-refractivity contribution in [2.45, 2.75) is 11.8 Å². The molecule has 0 saturated heterocycles. The second kappa shape index (κ2) is 10.1. The first-order chi connectivity index (χ1) is 16.1. The monoisotopic (exact) mass is 503 g/mol. The molecule has 0 fully saturated rings. The summed E-state index contributed by atoms with van der Waals surface area (Å²) in [4.78, 5) is 12.6. The molecule has 0 aromatic heterocycles. The van der Waals surface area contributed by atoms with E-state index >= 15 is 0 Å². The van der Waals surface area contributed by atoms with E-state index in [-0.39, 0.29) is 10.6 Å². The second-order valence-electron chi connectivity index (χ2n) is 7.23. The normalized spacial score (nSPS) is 11.5. The van der Waals surface area contributed by atoms with E-state index in [1.807, 2.05) is 0 Å². The number of hydrogen-bond acceptors (Lipinski definition) is 6. The van der Waals surface area contributed by atoms with Crippen LogP contribution in [0.3, 0.4) is 0 Å². The molecule has 0 bridgehead atoms. The zero-order chi connectivity index (χ0) is 24.9. The van der Waals surface area contributed by atoms with Gasteiger partial charge in [0.15, 0.2) is 0 Å². The lowest BCUT2D eigenvalue weighted by Gasteiger charge is -2.18. The zero-order valence-corrected chi connectivity index (χ0v) is 20.5. The molecule has 0 heterocycles. The lowest BCUT2D eigenvalue weighted by Crippen LogP contribution is -2.28. The molecule has 0 aliphatic carbocycles. The van der Waals surface area contributed by atoms with Crippen molar-refractivity contribution in [2.24, 2.45) is 0 Å². The number of anilines is 3. The van der Waals surface area contributed by atoms with Crippen molar-refractivity contribution < 1.29 is 26.4 Å². The van der Waals surface area contributed by atoms with Gasteiger partial charge in [-0.1, -0.05) is 0 Å². The van der Waals surface area contributed by atoms with Crippen LogP contribution < -0.4 is 19.1 Å². The second-order valence-corrected chi connectivity index (χ2v) is 11.2. The van der Waals surface area contributed by atoms with Crippen molar-refractivity contribution in [3.8, 4) is 5.75 Å². The molecule has 9 nitrogen and oxygen atoms in total. The number of ether oxygens (including phenoxy) is 1. The molecule has 11 heteroatoms. The van der Waals surface area contributed by atoms with Gasteiger partial charge in [0.25, 0.3) is 15.9 Å². The minimum atomic E-state index is -3.81. The van der Waals surface area contributed by atoms with Crippen LogP contribution in [0.5, 0.6) is 5.75 Å². The molecule has 0 spiro atoms. The molecule has 34 heavy (non-hydrogen) atoms. The van der Waals surface area contributed by atoms with E-state index in [9.17, 15) is 21.6 Å². The van der Waals surface area contributed by atoms with Crippen molar-refractivity contribution in [1.29, 1.82) is 0 Å². The van der Waals surface area contributed by atoms with Gasteiger partial charge >= 0.3 is 0 Å². The molecule has 180 valence electrons. The molecule has 3 aromatic carbocycles. The van der Waals surface area contributed by atoms with E-state index < -0.39 is 26.0 Å². The van der Waals surface area contributed by atoms with Crippen LogP contribution in [0.25, 0.3) is 0 Å². The van der Waals surface area contributed by atoms with Crippen LogP contribution in [-0.4, -0.2) is 42.7 Å². The summed E-state index contributed by atoms with van der Waals surface area (Å²) < 4.78 is 57.9. The molecule has 0 unspecified atom stereocenters. The van der Waals surface area contributed by atoms with Gasteiger partial charge in [-0.2, -0.15) is 0 Å². The number of amides is 1. The number of methoxy groups -OCH3 is 1. The van der Waals surface area contributed by atoms with E-state index in [1.54, 1.807) is 43.3 Å². The summed E-state index contributed by atoms with van der Waals surface area (Å²) in [6.45, 7) is 1.55. The third-order valence-corrected chi connectivity index (χ3v) is 8.21. The first kappa shape index (κ1) is 25.1. The Bertz CT molecular complexity index is 1350. The van der Waals surface area contributed by atoms with Gasteiger partial charge in [-0.25, -0.2) is 16.8 Å². The molecule has 0 radical (unpaired) electrons. The minimum Gasteiger partial charge on any atom is -0.497 e. The number of hydrogen-bond donors (Lipinski definition) is 2. The number of benzene rings is 3. The van der Waals surface area contributed by atoms with E-state index in [0.717, 1.165) is 4.31 Å². The topological polar surface area (TPSA) is 122 Å². The van der Waals surface area contributed by atoms with Gasteiger partial charge < -0.3 is 10.1 Å². The maximum absolute atomic E-state index is 12.6. The first-order valence-corrected chi connectivity index (χ1v) is 13.3. The van der Waals surface area contributed by atoms with Gasteiger partial charge in [0.05, 0.1) is 23.4 Å². The Morgan fingerprint density at radius 1 is 0.853 bits per heavy atom. The molecule has 0 atom stereocenters. The van der Waals surface area contributed by atoms with E-state index in [4.69, 9.17) is 4.74 Å². The number of nitrogens with one attached hydrogen (secondary N) is 2. The maximum atomic E-state index is 12.6. The minimum absolute atomic E-state index is 0.0332. The lowest BCUT2D eigenvalue weighted by molar-refractivity contribution is 0.102. The molecule has 3 rings (SSSR count). The lowest BCUT2D eigenvalue weighted by atomic mass is 10.2. The van der Waals surface area contributed by atoms with Gasteiger partial charge in [0.2, 0.25) is 10.0 Å². The van der Waals surface area contributed by atoms with E-state index in [0.29, 0.717) is 28.4 Å². The van der Waals surface area contributed by atoms with Crippen LogP contribution in [0, 0.1) is 0 Å². The van der Waals surface area contributed by atoms with Gasteiger partial charge in [-0.05, 0) is 79.7 Å². The Morgan fingerprint density at radius 2 is 1.41 bits per heavy atom. The van der Waals surface area contributed by atoms with Crippen molar-refractivity contribution in [3.63, 3.8) is 0 Å². The van der Waals surface area contributed by atoms with Crippen LogP contribution in [0.4, 0.5) is 17.1 Å². The smallest absolute Gasteiger partial charge is 0.261 e. The fraction of sp³-hybridized carbons (Fsp3) is 0.174. The predicted octanol–water partition coefficient (Wildman–Crippen LogP) is 3.53. The number of rotatable bonds is 9. The fourth-order valence-electron chi connectivity index (χ4n) is 2.97. The Morgan fingerprint density at radius 3 is 1.94 bits per heavy atom. The Balaban J connectivity index is 1.67. The quantitative estimate of drug-likeness (QED) is 0.461. The summed E-state index contributed by atoms with van der Waals surface area (Å²) in [6.07, 6.45) is 0. The highest BCUT2D eigenvalue weighted by molar-refractivity contribution is 7.93. The van der Waals surface area contributed by atoms with Crippen molar-refractivity contribution >= 4 is 43.0 Å².